The minimum Gasteiger partial charge on any atom is -0.458 e. The van der Waals surface area contributed by atoms with Gasteiger partial charge in [-0.1, -0.05) is 34.6 Å². The summed E-state index contributed by atoms with van der Waals surface area (Å²) in [5.74, 6) is -2.88. The Balaban J connectivity index is 2.06. The van der Waals surface area contributed by atoms with Crippen LogP contribution < -0.4 is 11.1 Å². The van der Waals surface area contributed by atoms with Gasteiger partial charge >= 0.3 is 18.2 Å². The highest BCUT2D eigenvalue weighted by Crippen LogP contribution is 2.40. The van der Waals surface area contributed by atoms with Crippen molar-refractivity contribution in [1.82, 2.24) is 10.2 Å². The number of cyclic esters (lactones) is 1. The molecule has 3 aliphatic heterocycles. The second-order valence-corrected chi connectivity index (χ2v) is 13.7. The molecule has 0 saturated carbocycles. The number of ether oxygens (including phenoxy) is 5. The number of Topliss-reactive ketones (excluding diaryl/α,β-unsaturated/α-hetero) is 1. The average Bonchev–Trinajstić information content (AvgIpc) is 3.22. The number of rotatable bonds is 5. The van der Waals surface area contributed by atoms with Crippen LogP contribution in [0.3, 0.4) is 0 Å². The summed E-state index contributed by atoms with van der Waals surface area (Å²) in [6, 6.07) is -0.536. The fourth-order valence-electron chi connectivity index (χ4n) is 7.48. The van der Waals surface area contributed by atoms with Gasteiger partial charge < -0.3 is 39.6 Å². The maximum Gasteiger partial charge on any atom is 0.408 e. The molecule has 12 heteroatoms. The molecular weight excluding hydrogens is 558 g/mol. The van der Waals surface area contributed by atoms with Crippen molar-refractivity contribution in [2.24, 2.45) is 29.4 Å². The molecule has 0 spiro atoms. The Morgan fingerprint density at radius 1 is 1.05 bits per heavy atom. The van der Waals surface area contributed by atoms with Crippen molar-refractivity contribution in [2.45, 2.75) is 135 Å². The zero-order chi connectivity index (χ0) is 32.4. The van der Waals surface area contributed by atoms with Crippen molar-refractivity contribution in [3.63, 3.8) is 0 Å². The molecule has 0 aromatic heterocycles. The number of alkyl carbamates (subject to hydrolysis) is 1. The lowest BCUT2D eigenvalue weighted by Crippen LogP contribution is -2.58. The lowest BCUT2D eigenvalue weighted by Gasteiger charge is -2.45. The van der Waals surface area contributed by atoms with Crippen LogP contribution in [0.2, 0.25) is 0 Å². The van der Waals surface area contributed by atoms with Gasteiger partial charge in [-0.15, -0.1) is 0 Å². The fourth-order valence-corrected chi connectivity index (χ4v) is 7.48. The molecule has 246 valence electrons. The molecule has 12 nitrogen and oxygen atoms in total. The molecule has 0 radical (unpaired) electrons. The van der Waals surface area contributed by atoms with Gasteiger partial charge in [0.1, 0.15) is 23.6 Å². The number of primary amides is 1. The van der Waals surface area contributed by atoms with E-state index in [-0.39, 0.29) is 30.3 Å². The first-order chi connectivity index (χ1) is 19.9. The summed E-state index contributed by atoms with van der Waals surface area (Å²) in [6.07, 6.45) is -1.65. The van der Waals surface area contributed by atoms with Crippen LogP contribution in [0.4, 0.5) is 9.59 Å². The monoisotopic (exact) mass is 611 g/mol. The van der Waals surface area contributed by atoms with Gasteiger partial charge in [0.25, 0.3) is 0 Å². The minimum atomic E-state index is -1.35. The van der Waals surface area contributed by atoms with E-state index in [1.807, 2.05) is 34.9 Å². The van der Waals surface area contributed by atoms with Crippen LogP contribution in [0.1, 0.15) is 87.5 Å². The third-order valence-corrected chi connectivity index (χ3v) is 9.68. The lowest BCUT2D eigenvalue weighted by molar-refractivity contribution is -0.260. The highest BCUT2D eigenvalue weighted by molar-refractivity contribution is 5.85. The molecule has 2 amide bonds. The number of esters is 1. The molecule has 43 heavy (non-hydrogen) atoms. The van der Waals surface area contributed by atoms with Crippen LogP contribution >= 0.6 is 0 Å². The first-order valence-electron chi connectivity index (χ1n) is 15.6. The zero-order valence-corrected chi connectivity index (χ0v) is 27.5. The first kappa shape index (κ1) is 35.0. The van der Waals surface area contributed by atoms with E-state index >= 15 is 0 Å². The second kappa shape index (κ2) is 13.7. The van der Waals surface area contributed by atoms with Gasteiger partial charge in [-0.2, -0.15) is 0 Å². The van der Waals surface area contributed by atoms with E-state index in [0.717, 1.165) is 6.42 Å². The number of hydrogen-bond donors (Lipinski definition) is 2. The topological polar surface area (TPSA) is 156 Å². The van der Waals surface area contributed by atoms with E-state index in [1.54, 1.807) is 34.6 Å². The molecule has 3 fully saturated rings. The summed E-state index contributed by atoms with van der Waals surface area (Å²) in [7, 11) is 4.02. The maximum atomic E-state index is 14.0. The minimum absolute atomic E-state index is 0.0670. The average molecular weight is 612 g/mol. The Bertz CT molecular complexity index is 1040. The van der Waals surface area contributed by atoms with Crippen molar-refractivity contribution in [3.05, 3.63) is 0 Å². The fraction of sp³-hybridized carbons (Fsp3) is 0.871. The van der Waals surface area contributed by atoms with E-state index in [4.69, 9.17) is 29.4 Å². The number of hydrogen-bond acceptors (Lipinski definition) is 10. The molecule has 3 N–H and O–H groups in total. The molecular formula is C31H53N3O9. The molecule has 12 atom stereocenters. The molecule has 0 aromatic rings. The SMILES string of the molecule is CC[C@H]1OC(=O)[C@H](C)C[C@H](C)[C@@H](O[C@H]2C[C@@H](N(C)C)C[C@@H](C)O2)[C@](C)(OC(N)=O)C[C@@H](C)C(=O)C(C)C2NC(=O)O[C@@]21C. The quantitative estimate of drug-likeness (QED) is 0.347. The van der Waals surface area contributed by atoms with Crippen molar-refractivity contribution < 1.29 is 42.9 Å². The van der Waals surface area contributed by atoms with Crippen LogP contribution in [0.25, 0.3) is 0 Å². The van der Waals surface area contributed by atoms with Gasteiger partial charge in [0, 0.05) is 24.3 Å². The Hall–Kier alpha value is -2.44. The van der Waals surface area contributed by atoms with Crippen LogP contribution in [-0.4, -0.2) is 90.8 Å². The van der Waals surface area contributed by atoms with Crippen molar-refractivity contribution in [2.75, 3.05) is 14.1 Å². The van der Waals surface area contributed by atoms with Gasteiger partial charge in [-0.05, 0) is 66.5 Å². The van der Waals surface area contributed by atoms with E-state index in [9.17, 15) is 19.2 Å². The number of nitrogens with two attached hydrogens (primary N) is 1. The van der Waals surface area contributed by atoms with Crippen LogP contribution in [0, 0.1) is 23.7 Å². The number of nitrogens with zero attached hydrogens (tertiary/aromatic N) is 1. The summed E-state index contributed by atoms with van der Waals surface area (Å²) in [5, 5.41) is 2.78. The highest BCUT2D eigenvalue weighted by atomic mass is 16.7. The summed E-state index contributed by atoms with van der Waals surface area (Å²) in [4.78, 5) is 54.4. The molecule has 2 unspecified atom stereocenters. The summed E-state index contributed by atoms with van der Waals surface area (Å²) < 4.78 is 30.4. The van der Waals surface area contributed by atoms with Crippen molar-refractivity contribution in [1.29, 1.82) is 0 Å². The normalized spacial score (nSPS) is 43.2. The Kier molecular flexibility index (Phi) is 11.2. The van der Waals surface area contributed by atoms with Crippen LogP contribution in [0.5, 0.6) is 0 Å². The van der Waals surface area contributed by atoms with Crippen LogP contribution in [0.15, 0.2) is 0 Å². The Labute approximate surface area is 256 Å². The number of nitrogens with one attached hydrogen (secondary N) is 1. The molecule has 3 rings (SSSR count). The van der Waals surface area contributed by atoms with E-state index < -0.39 is 71.7 Å². The molecule has 0 bridgehead atoms. The maximum absolute atomic E-state index is 14.0. The summed E-state index contributed by atoms with van der Waals surface area (Å²) in [5.41, 5.74) is 2.99. The Morgan fingerprint density at radius 2 is 1.70 bits per heavy atom. The van der Waals surface area contributed by atoms with Gasteiger partial charge in [0.05, 0.1) is 18.1 Å². The summed E-state index contributed by atoms with van der Waals surface area (Å²) in [6.45, 7) is 14.4. The third-order valence-electron chi connectivity index (χ3n) is 9.68. The van der Waals surface area contributed by atoms with E-state index in [1.165, 1.54) is 0 Å². The molecule has 3 heterocycles. The lowest BCUT2D eigenvalue weighted by atomic mass is 9.74. The smallest absolute Gasteiger partial charge is 0.408 e. The molecule has 0 aromatic carbocycles. The predicted molar refractivity (Wildman–Crippen MR) is 158 cm³/mol. The van der Waals surface area contributed by atoms with Crippen LogP contribution in [-0.2, 0) is 33.3 Å². The van der Waals surface area contributed by atoms with Gasteiger partial charge in [-0.25, -0.2) is 9.59 Å². The standard InChI is InChI=1S/C31H53N3O9/c1-11-22-31(8)25(33-29(38)43-31)20(6)24(35)18(4)15-30(7,42-28(32)37)26(16(2)12-17(3)27(36)40-22)41-23-14-21(34(9)10)13-19(5)39-23/h16-23,25-26H,11-15H2,1-10H3,(H2,32,37)(H,33,38)/t16-,17+,18+,19+,20?,21-,22+,23-,25?,26+,30+,31+/m0/s1. The number of amides is 2. The highest BCUT2D eigenvalue weighted by Gasteiger charge is 2.56. The predicted octanol–water partition coefficient (Wildman–Crippen LogP) is 3.78. The van der Waals surface area contributed by atoms with E-state index in [2.05, 4.69) is 10.2 Å². The van der Waals surface area contributed by atoms with Crippen molar-refractivity contribution >= 4 is 23.9 Å². The van der Waals surface area contributed by atoms with E-state index in [0.29, 0.717) is 19.3 Å². The largest absolute Gasteiger partial charge is 0.458 e. The molecule has 0 aliphatic carbocycles. The number of fused-ring (bicyclic) bond motifs is 1. The molecule has 3 aliphatic rings. The third kappa shape index (κ3) is 7.81. The first-order valence-corrected chi connectivity index (χ1v) is 15.6. The second-order valence-electron chi connectivity index (χ2n) is 13.7. The van der Waals surface area contributed by atoms with Gasteiger partial charge in [0.2, 0.25) is 0 Å². The molecule has 3 saturated heterocycles. The zero-order valence-electron chi connectivity index (χ0n) is 27.5. The van der Waals surface area contributed by atoms with Gasteiger partial charge in [-0.3, -0.25) is 9.59 Å². The number of carbonyl (C=O) groups is 4. The number of carbonyl (C=O) groups excluding carboxylic acids is 4. The summed E-state index contributed by atoms with van der Waals surface area (Å²) >= 11 is 0. The van der Waals surface area contributed by atoms with Gasteiger partial charge in [0.15, 0.2) is 11.9 Å². The van der Waals surface area contributed by atoms with Crippen molar-refractivity contribution in [3.8, 4) is 0 Å². The Morgan fingerprint density at radius 3 is 2.28 bits per heavy atom. The number of ketones is 1.